The Morgan fingerprint density at radius 3 is 2.95 bits per heavy atom. The van der Waals surface area contributed by atoms with Gasteiger partial charge in [-0.05, 0) is 59.3 Å². The van der Waals surface area contributed by atoms with Crippen molar-refractivity contribution in [2.45, 2.75) is 19.4 Å². The molecule has 1 atom stereocenters. The number of hydrogen-bond donors (Lipinski definition) is 1. The van der Waals surface area contributed by atoms with Gasteiger partial charge in [-0.25, -0.2) is 0 Å². The lowest BCUT2D eigenvalue weighted by molar-refractivity contribution is 0.0940. The van der Waals surface area contributed by atoms with E-state index in [4.69, 9.17) is 0 Å². The number of hydrogen-bond acceptors (Lipinski definition) is 2. The highest BCUT2D eigenvalue weighted by molar-refractivity contribution is 7.07. The third-order valence-corrected chi connectivity index (χ3v) is 4.38. The minimum Gasteiger partial charge on any atom is -0.351 e. The van der Waals surface area contributed by atoms with E-state index in [9.17, 15) is 4.79 Å². The van der Waals surface area contributed by atoms with Crippen LogP contribution in [0.15, 0.2) is 47.3 Å². The molecule has 108 valence electrons. The number of thiophene rings is 1. The van der Waals surface area contributed by atoms with Crippen LogP contribution in [0.1, 0.15) is 22.8 Å². The van der Waals surface area contributed by atoms with Crippen LogP contribution in [-0.4, -0.2) is 16.5 Å². The van der Waals surface area contributed by atoms with Crippen molar-refractivity contribution in [1.29, 1.82) is 0 Å². The molecule has 3 aromatic rings. The number of nitrogens with one attached hydrogen (secondary N) is 1. The maximum absolute atomic E-state index is 12.3. The molecule has 4 heteroatoms. The van der Waals surface area contributed by atoms with Gasteiger partial charge in [0.15, 0.2) is 0 Å². The van der Waals surface area contributed by atoms with Gasteiger partial charge in [0, 0.05) is 30.4 Å². The van der Waals surface area contributed by atoms with Gasteiger partial charge < -0.3 is 9.88 Å². The fourth-order valence-corrected chi connectivity index (χ4v) is 3.21. The Morgan fingerprint density at radius 2 is 2.19 bits per heavy atom. The van der Waals surface area contributed by atoms with Crippen LogP contribution in [0.4, 0.5) is 0 Å². The van der Waals surface area contributed by atoms with E-state index < -0.39 is 0 Å². The van der Waals surface area contributed by atoms with Gasteiger partial charge in [-0.15, -0.1) is 0 Å². The number of aromatic nitrogens is 1. The van der Waals surface area contributed by atoms with Gasteiger partial charge in [0.1, 0.15) is 0 Å². The number of benzene rings is 1. The van der Waals surface area contributed by atoms with Crippen molar-refractivity contribution < 1.29 is 4.79 Å². The average Bonchev–Trinajstić information content (AvgIpc) is 3.09. The summed E-state index contributed by atoms with van der Waals surface area (Å²) in [7, 11) is 1.99. The Labute approximate surface area is 128 Å². The lowest BCUT2D eigenvalue weighted by Gasteiger charge is -2.13. The van der Waals surface area contributed by atoms with Crippen molar-refractivity contribution in [2.24, 2.45) is 7.05 Å². The first-order valence-electron chi connectivity index (χ1n) is 7.00. The molecule has 2 aromatic heterocycles. The summed E-state index contributed by atoms with van der Waals surface area (Å²) in [5.41, 5.74) is 3.06. The molecule has 0 aliphatic rings. The topological polar surface area (TPSA) is 34.0 Å². The number of aryl methyl sites for hydroxylation is 1. The van der Waals surface area contributed by atoms with E-state index in [-0.39, 0.29) is 11.9 Å². The Balaban J connectivity index is 1.72. The lowest BCUT2D eigenvalue weighted by atomic mass is 10.1. The maximum Gasteiger partial charge on any atom is 0.251 e. The second-order valence-corrected chi connectivity index (χ2v) is 6.19. The Bertz CT molecular complexity index is 758. The molecule has 1 N–H and O–H groups in total. The van der Waals surface area contributed by atoms with Crippen LogP contribution in [0, 0.1) is 0 Å². The summed E-state index contributed by atoms with van der Waals surface area (Å²) in [4.78, 5) is 12.3. The van der Waals surface area contributed by atoms with E-state index in [0.717, 1.165) is 17.3 Å². The van der Waals surface area contributed by atoms with Gasteiger partial charge in [0.25, 0.3) is 5.91 Å². The maximum atomic E-state index is 12.3. The van der Waals surface area contributed by atoms with Gasteiger partial charge in [0.2, 0.25) is 0 Å². The zero-order valence-electron chi connectivity index (χ0n) is 12.2. The summed E-state index contributed by atoms with van der Waals surface area (Å²) in [6.07, 6.45) is 2.87. The Kier molecular flexibility index (Phi) is 3.80. The molecule has 0 aliphatic carbocycles. The minimum atomic E-state index is -0.0131. The molecule has 0 saturated carbocycles. The smallest absolute Gasteiger partial charge is 0.251 e. The molecule has 0 fully saturated rings. The van der Waals surface area contributed by atoms with Crippen molar-refractivity contribution in [3.05, 3.63) is 58.4 Å². The number of carbonyl (C=O) groups is 1. The summed E-state index contributed by atoms with van der Waals surface area (Å²) >= 11 is 1.69. The first-order valence-corrected chi connectivity index (χ1v) is 7.95. The van der Waals surface area contributed by atoms with E-state index in [0.29, 0.717) is 5.56 Å². The number of carbonyl (C=O) groups excluding carboxylic acids is 1. The van der Waals surface area contributed by atoms with Crippen LogP contribution >= 0.6 is 11.3 Å². The molecule has 0 unspecified atom stereocenters. The van der Waals surface area contributed by atoms with Crippen LogP contribution < -0.4 is 5.32 Å². The van der Waals surface area contributed by atoms with Crippen molar-refractivity contribution in [3.63, 3.8) is 0 Å². The van der Waals surface area contributed by atoms with Crippen molar-refractivity contribution in [2.75, 3.05) is 0 Å². The highest BCUT2D eigenvalue weighted by Gasteiger charge is 2.11. The average molecular weight is 298 g/mol. The molecule has 3 nitrogen and oxygen atoms in total. The van der Waals surface area contributed by atoms with E-state index in [1.165, 1.54) is 5.56 Å². The van der Waals surface area contributed by atoms with Crippen molar-refractivity contribution >= 4 is 28.1 Å². The molecule has 0 saturated heterocycles. The third-order valence-electron chi connectivity index (χ3n) is 3.65. The number of nitrogens with zero attached hydrogens (tertiary/aromatic N) is 1. The quantitative estimate of drug-likeness (QED) is 0.784. The molecular formula is C17H18N2OS. The van der Waals surface area contributed by atoms with Crippen LogP contribution in [0.3, 0.4) is 0 Å². The van der Waals surface area contributed by atoms with Gasteiger partial charge >= 0.3 is 0 Å². The van der Waals surface area contributed by atoms with E-state index >= 15 is 0 Å². The number of amides is 1. The molecule has 21 heavy (non-hydrogen) atoms. The van der Waals surface area contributed by atoms with E-state index in [1.54, 1.807) is 11.3 Å². The predicted molar refractivity (Wildman–Crippen MR) is 87.9 cm³/mol. The summed E-state index contributed by atoms with van der Waals surface area (Å²) in [6, 6.07) is 10.1. The number of fused-ring (bicyclic) bond motifs is 1. The van der Waals surface area contributed by atoms with Gasteiger partial charge in [-0.1, -0.05) is 6.07 Å². The molecule has 0 aliphatic heterocycles. The first kappa shape index (κ1) is 13.9. The SMILES string of the molecule is C[C@@H](Cc1ccsc1)NC(=O)c1ccc2ccn(C)c2c1. The van der Waals surface area contributed by atoms with Crippen LogP contribution in [-0.2, 0) is 13.5 Å². The minimum absolute atomic E-state index is 0.0131. The van der Waals surface area contributed by atoms with E-state index in [2.05, 4.69) is 28.2 Å². The molecule has 0 bridgehead atoms. The van der Waals surface area contributed by atoms with Crippen molar-refractivity contribution in [1.82, 2.24) is 9.88 Å². The highest BCUT2D eigenvalue weighted by atomic mass is 32.1. The van der Waals surface area contributed by atoms with E-state index in [1.807, 2.05) is 42.9 Å². The fraction of sp³-hybridized carbons (Fsp3) is 0.235. The Hall–Kier alpha value is -2.07. The highest BCUT2D eigenvalue weighted by Crippen LogP contribution is 2.17. The molecule has 1 amide bonds. The van der Waals surface area contributed by atoms with Crippen molar-refractivity contribution in [3.8, 4) is 0 Å². The lowest BCUT2D eigenvalue weighted by Crippen LogP contribution is -2.33. The molecule has 0 radical (unpaired) electrons. The first-order chi connectivity index (χ1) is 10.1. The summed E-state index contributed by atoms with van der Waals surface area (Å²) < 4.78 is 2.03. The van der Waals surface area contributed by atoms with Crippen LogP contribution in [0.2, 0.25) is 0 Å². The van der Waals surface area contributed by atoms with Gasteiger partial charge in [-0.2, -0.15) is 11.3 Å². The predicted octanol–water partition coefficient (Wildman–Crippen LogP) is 3.60. The Morgan fingerprint density at radius 1 is 1.33 bits per heavy atom. The second kappa shape index (κ2) is 5.74. The number of rotatable bonds is 4. The largest absolute Gasteiger partial charge is 0.351 e. The molecule has 1 aromatic carbocycles. The van der Waals surface area contributed by atoms with Gasteiger partial charge in [-0.3, -0.25) is 4.79 Å². The third kappa shape index (κ3) is 3.00. The zero-order chi connectivity index (χ0) is 14.8. The summed E-state index contributed by atoms with van der Waals surface area (Å²) in [6.45, 7) is 2.04. The monoisotopic (exact) mass is 298 g/mol. The molecule has 0 spiro atoms. The summed E-state index contributed by atoms with van der Waals surface area (Å²) in [5, 5.41) is 8.41. The second-order valence-electron chi connectivity index (χ2n) is 5.41. The standard InChI is InChI=1S/C17H18N2OS/c1-12(9-13-6-8-21-11-13)18-17(20)15-4-3-14-5-7-19(2)16(14)10-15/h3-8,10-12H,9H2,1-2H3,(H,18,20)/t12-/m0/s1. The normalized spacial score (nSPS) is 12.5. The van der Waals surface area contributed by atoms with Gasteiger partial charge in [0.05, 0.1) is 0 Å². The molecular weight excluding hydrogens is 280 g/mol. The summed E-state index contributed by atoms with van der Waals surface area (Å²) in [5.74, 6) is -0.0131. The zero-order valence-corrected chi connectivity index (χ0v) is 13.0. The molecule has 3 rings (SSSR count). The van der Waals surface area contributed by atoms with Crippen LogP contribution in [0.25, 0.3) is 10.9 Å². The molecule has 2 heterocycles. The fourth-order valence-electron chi connectivity index (χ4n) is 2.52. The van der Waals surface area contributed by atoms with Crippen LogP contribution in [0.5, 0.6) is 0 Å².